The largest absolute Gasteiger partial charge is 0.497 e. The van der Waals surface area contributed by atoms with Crippen LogP contribution in [0.1, 0.15) is 5.56 Å². The maximum absolute atomic E-state index is 8.35. The van der Waals surface area contributed by atoms with Crippen LogP contribution in [0.2, 0.25) is 0 Å². The van der Waals surface area contributed by atoms with Gasteiger partial charge in [0.2, 0.25) is 12.2 Å². The Balaban J connectivity index is 0.000000704. The van der Waals surface area contributed by atoms with Gasteiger partial charge in [-0.2, -0.15) is 10.2 Å². The van der Waals surface area contributed by atoms with E-state index in [-0.39, 0.29) is 0 Å². The van der Waals surface area contributed by atoms with Crippen LogP contribution < -0.4 is 4.74 Å². The molecule has 2 N–H and O–H groups in total. The Labute approximate surface area is 133 Å². The van der Waals surface area contributed by atoms with Gasteiger partial charge in [-0.15, -0.1) is 0 Å². The molecule has 0 radical (unpaired) electrons. The second kappa shape index (κ2) is 12.3. The molecule has 7 heteroatoms. The minimum atomic E-state index is 0.750. The first-order valence-corrected chi connectivity index (χ1v) is 6.32. The Morgan fingerprint density at radius 3 is 2.13 bits per heavy atom. The zero-order chi connectivity index (χ0) is 17.5. The SMILES string of the molecule is COc1cccc(N=Nc2ccccc2C)c1.N=C=O.N=C=O. The van der Waals surface area contributed by atoms with E-state index in [1.807, 2.05) is 55.5 Å². The van der Waals surface area contributed by atoms with Crippen LogP contribution in [0.15, 0.2) is 58.8 Å². The van der Waals surface area contributed by atoms with Gasteiger partial charge in [0.1, 0.15) is 5.75 Å². The third-order valence-electron chi connectivity index (χ3n) is 2.44. The highest BCUT2D eigenvalue weighted by Gasteiger charge is 1.95. The number of aryl methyl sites for hydroxylation is 1. The van der Waals surface area contributed by atoms with Crippen molar-refractivity contribution >= 4 is 23.5 Å². The normalized spacial score (nSPS) is 8.61. The summed E-state index contributed by atoms with van der Waals surface area (Å²) in [5.74, 6) is 0.784. The van der Waals surface area contributed by atoms with Crippen molar-refractivity contribution in [2.24, 2.45) is 10.2 Å². The van der Waals surface area contributed by atoms with E-state index in [9.17, 15) is 0 Å². The van der Waals surface area contributed by atoms with E-state index in [0.29, 0.717) is 0 Å². The first-order chi connectivity index (χ1) is 11.1. The second-order valence-electron chi connectivity index (χ2n) is 3.89. The number of benzene rings is 2. The molecule has 0 aliphatic heterocycles. The number of nitrogens with zero attached hydrogens (tertiary/aromatic N) is 2. The molecule has 2 aromatic rings. The number of nitrogens with one attached hydrogen (secondary N) is 2. The van der Waals surface area contributed by atoms with E-state index >= 15 is 0 Å². The third-order valence-corrected chi connectivity index (χ3v) is 2.44. The first-order valence-electron chi connectivity index (χ1n) is 6.32. The standard InChI is InChI=1S/C14H14N2O.2CHNO/c1-11-6-3-4-9-14(11)16-15-12-7-5-8-13(10-12)17-2;2*2-1-3/h3-10H,1-2H3;2*2H. The number of methoxy groups -OCH3 is 1. The Hall–Kier alpha value is -3.40. The van der Waals surface area contributed by atoms with Crippen LogP contribution in [-0.4, -0.2) is 19.3 Å². The summed E-state index contributed by atoms with van der Waals surface area (Å²) in [5.41, 5.74) is 2.78. The van der Waals surface area contributed by atoms with Crippen LogP contribution in [0.5, 0.6) is 5.75 Å². The predicted molar refractivity (Wildman–Crippen MR) is 85.2 cm³/mol. The van der Waals surface area contributed by atoms with Crippen molar-refractivity contribution in [1.29, 1.82) is 10.8 Å². The summed E-state index contributed by atoms with van der Waals surface area (Å²) < 4.78 is 5.13. The fraction of sp³-hybridized carbons (Fsp3) is 0.125. The van der Waals surface area contributed by atoms with E-state index in [1.54, 1.807) is 7.11 Å². The van der Waals surface area contributed by atoms with E-state index in [0.717, 1.165) is 34.8 Å². The highest BCUT2D eigenvalue weighted by Crippen LogP contribution is 2.23. The zero-order valence-electron chi connectivity index (χ0n) is 12.7. The molecule has 0 aromatic heterocycles. The predicted octanol–water partition coefficient (Wildman–Crippen LogP) is 4.22. The first kappa shape index (κ1) is 19.6. The Morgan fingerprint density at radius 1 is 0.957 bits per heavy atom. The van der Waals surface area contributed by atoms with E-state index in [2.05, 4.69) is 10.2 Å². The lowest BCUT2D eigenvalue weighted by molar-refractivity contribution is 0.415. The number of rotatable bonds is 3. The fourth-order valence-electron chi connectivity index (χ4n) is 1.46. The number of hydrogen-bond acceptors (Lipinski definition) is 7. The Kier molecular flexibility index (Phi) is 10.5. The molecule has 0 fully saturated rings. The number of carbonyl (C=O) groups excluding carboxylic acids is 2. The lowest BCUT2D eigenvalue weighted by Crippen LogP contribution is -1.80. The van der Waals surface area contributed by atoms with Gasteiger partial charge >= 0.3 is 0 Å². The lowest BCUT2D eigenvalue weighted by Gasteiger charge is -2.00. The molecule has 0 atom stereocenters. The highest BCUT2D eigenvalue weighted by molar-refractivity contribution is 5.46. The molecule has 23 heavy (non-hydrogen) atoms. The summed E-state index contributed by atoms with van der Waals surface area (Å²) in [4.78, 5) is 16.7. The average Bonchev–Trinajstić information content (AvgIpc) is 2.56. The minimum absolute atomic E-state index is 0.750. The van der Waals surface area contributed by atoms with Crippen LogP contribution >= 0.6 is 0 Å². The van der Waals surface area contributed by atoms with Gasteiger partial charge in [0.25, 0.3) is 0 Å². The van der Waals surface area contributed by atoms with Crippen LogP contribution in [0.3, 0.4) is 0 Å². The van der Waals surface area contributed by atoms with Gasteiger partial charge in [-0.1, -0.05) is 24.3 Å². The zero-order valence-corrected chi connectivity index (χ0v) is 12.7. The van der Waals surface area contributed by atoms with Gasteiger partial charge in [-0.3, -0.25) is 0 Å². The molecular formula is C16H16N4O3. The molecule has 0 aliphatic rings. The van der Waals surface area contributed by atoms with Crippen molar-refractivity contribution < 1.29 is 14.3 Å². The summed E-state index contributed by atoms with van der Waals surface area (Å²) in [6.07, 6.45) is 1.50. The number of ether oxygens (including phenoxy) is 1. The molecule has 118 valence electrons. The summed E-state index contributed by atoms with van der Waals surface area (Å²) in [6, 6.07) is 15.4. The quantitative estimate of drug-likeness (QED) is 0.502. The third kappa shape index (κ3) is 8.47. The summed E-state index contributed by atoms with van der Waals surface area (Å²) in [6.45, 7) is 2.01. The highest BCUT2D eigenvalue weighted by atomic mass is 16.5. The minimum Gasteiger partial charge on any atom is -0.497 e. The molecule has 0 spiro atoms. The molecule has 7 nitrogen and oxygen atoms in total. The van der Waals surface area contributed by atoms with Crippen molar-refractivity contribution in [3.05, 3.63) is 54.1 Å². The van der Waals surface area contributed by atoms with Gasteiger partial charge in [0.15, 0.2) is 0 Å². The lowest BCUT2D eigenvalue weighted by atomic mass is 10.2. The van der Waals surface area contributed by atoms with Gasteiger partial charge in [0, 0.05) is 6.07 Å². The molecule has 2 aromatic carbocycles. The van der Waals surface area contributed by atoms with Crippen molar-refractivity contribution in [2.75, 3.05) is 7.11 Å². The van der Waals surface area contributed by atoms with Crippen LogP contribution in [0.4, 0.5) is 11.4 Å². The molecule has 0 saturated heterocycles. The Morgan fingerprint density at radius 2 is 1.57 bits per heavy atom. The summed E-state index contributed by atoms with van der Waals surface area (Å²) >= 11 is 0. The van der Waals surface area contributed by atoms with E-state index < -0.39 is 0 Å². The number of azo groups is 1. The van der Waals surface area contributed by atoms with Crippen molar-refractivity contribution in [2.45, 2.75) is 6.92 Å². The van der Waals surface area contributed by atoms with Gasteiger partial charge in [0.05, 0.1) is 18.5 Å². The smallest absolute Gasteiger partial charge is 0.231 e. The van der Waals surface area contributed by atoms with Crippen molar-refractivity contribution in [3.8, 4) is 5.75 Å². The maximum atomic E-state index is 8.35. The monoisotopic (exact) mass is 312 g/mol. The molecule has 0 unspecified atom stereocenters. The van der Waals surface area contributed by atoms with Crippen molar-refractivity contribution in [3.63, 3.8) is 0 Å². The maximum Gasteiger partial charge on any atom is 0.231 e. The van der Waals surface area contributed by atoms with Gasteiger partial charge in [-0.25, -0.2) is 20.4 Å². The molecule has 0 aliphatic carbocycles. The van der Waals surface area contributed by atoms with Gasteiger partial charge in [-0.05, 0) is 30.7 Å². The average molecular weight is 312 g/mol. The number of hydrogen-bond donors (Lipinski definition) is 2. The molecule has 0 bridgehead atoms. The number of isocyanates is 2. The van der Waals surface area contributed by atoms with E-state index in [1.165, 1.54) is 0 Å². The molecule has 0 heterocycles. The second-order valence-corrected chi connectivity index (χ2v) is 3.89. The summed E-state index contributed by atoms with van der Waals surface area (Å²) in [7, 11) is 1.64. The topological polar surface area (TPSA) is 116 Å². The van der Waals surface area contributed by atoms with E-state index in [4.69, 9.17) is 25.1 Å². The van der Waals surface area contributed by atoms with Crippen LogP contribution in [0.25, 0.3) is 0 Å². The fourth-order valence-corrected chi connectivity index (χ4v) is 1.46. The molecular weight excluding hydrogens is 296 g/mol. The van der Waals surface area contributed by atoms with Crippen LogP contribution in [-0.2, 0) is 9.59 Å². The Bertz CT molecular complexity index is 690. The molecule has 2 rings (SSSR count). The summed E-state index contributed by atoms with van der Waals surface area (Å²) in [5, 5.41) is 19.2. The van der Waals surface area contributed by atoms with Gasteiger partial charge < -0.3 is 4.74 Å². The molecule has 0 saturated carbocycles. The van der Waals surface area contributed by atoms with Crippen molar-refractivity contribution in [1.82, 2.24) is 0 Å². The molecule has 0 amide bonds. The van der Waals surface area contributed by atoms with Crippen LogP contribution in [0, 0.1) is 17.7 Å².